The Morgan fingerprint density at radius 1 is 0.889 bits per heavy atom. The van der Waals surface area contributed by atoms with E-state index in [0.29, 0.717) is 9.75 Å². The second-order valence-corrected chi connectivity index (χ2v) is 5.71. The van der Waals surface area contributed by atoms with Crippen LogP contribution in [-0.4, -0.2) is 11.8 Å². The van der Waals surface area contributed by atoms with Crippen LogP contribution >= 0.6 is 22.7 Å². The fraction of sp³-hybridized carbons (Fsp3) is 0.167. The van der Waals surface area contributed by atoms with Crippen molar-refractivity contribution in [1.29, 1.82) is 0 Å². The van der Waals surface area contributed by atoms with Gasteiger partial charge in [0, 0.05) is 0 Å². The number of aryl methyl sites for hydroxylation is 2. The fourth-order valence-corrected chi connectivity index (χ4v) is 2.92. The highest BCUT2D eigenvalue weighted by Crippen LogP contribution is 2.14. The van der Waals surface area contributed by atoms with Crippen molar-refractivity contribution in [2.24, 2.45) is 0 Å². The van der Waals surface area contributed by atoms with Gasteiger partial charge in [-0.05, 0) is 47.9 Å². The van der Waals surface area contributed by atoms with Crippen LogP contribution in [0.1, 0.15) is 30.5 Å². The first-order chi connectivity index (χ1) is 8.56. The predicted molar refractivity (Wildman–Crippen MR) is 73.0 cm³/mol. The highest BCUT2D eigenvalue weighted by Gasteiger charge is 2.11. The van der Waals surface area contributed by atoms with Crippen molar-refractivity contribution in [2.45, 2.75) is 13.8 Å². The smallest absolute Gasteiger partial charge is 0.266 e. The third-order valence-corrected chi connectivity index (χ3v) is 4.29. The molecule has 2 rings (SSSR count). The maximum atomic E-state index is 11.7. The summed E-state index contributed by atoms with van der Waals surface area (Å²) in [6, 6.07) is 3.56. The highest BCUT2D eigenvalue weighted by atomic mass is 32.1. The van der Waals surface area contributed by atoms with E-state index in [9.17, 15) is 9.59 Å². The van der Waals surface area contributed by atoms with Crippen LogP contribution < -0.4 is 10.9 Å². The Labute approximate surface area is 113 Å². The first-order valence-electron chi connectivity index (χ1n) is 5.27. The minimum atomic E-state index is -0.297. The van der Waals surface area contributed by atoms with Crippen molar-refractivity contribution in [3.63, 3.8) is 0 Å². The molecule has 2 aromatic heterocycles. The van der Waals surface area contributed by atoms with Crippen molar-refractivity contribution in [1.82, 2.24) is 10.9 Å². The quantitative estimate of drug-likeness (QED) is 0.830. The Kier molecular flexibility index (Phi) is 3.78. The molecule has 0 saturated carbocycles. The van der Waals surface area contributed by atoms with Gasteiger partial charge in [-0.2, -0.15) is 0 Å². The van der Waals surface area contributed by atoms with Crippen LogP contribution in [0, 0.1) is 13.8 Å². The molecule has 4 nitrogen and oxygen atoms in total. The summed E-state index contributed by atoms with van der Waals surface area (Å²) in [6.45, 7) is 3.83. The van der Waals surface area contributed by atoms with Crippen LogP contribution in [0.2, 0.25) is 0 Å². The number of thiophene rings is 2. The topological polar surface area (TPSA) is 58.2 Å². The molecule has 2 aromatic rings. The van der Waals surface area contributed by atoms with Gasteiger partial charge >= 0.3 is 0 Å². The molecule has 0 saturated heterocycles. The van der Waals surface area contributed by atoms with Crippen LogP contribution in [0.15, 0.2) is 22.9 Å². The van der Waals surface area contributed by atoms with Gasteiger partial charge in [0.2, 0.25) is 0 Å². The number of rotatable bonds is 2. The van der Waals surface area contributed by atoms with Gasteiger partial charge in [0.05, 0.1) is 9.75 Å². The first kappa shape index (κ1) is 12.8. The second kappa shape index (κ2) is 5.32. The van der Waals surface area contributed by atoms with Gasteiger partial charge in [-0.3, -0.25) is 20.4 Å². The molecule has 2 N–H and O–H groups in total. The monoisotopic (exact) mass is 280 g/mol. The van der Waals surface area contributed by atoms with Gasteiger partial charge in [-0.1, -0.05) is 0 Å². The van der Waals surface area contributed by atoms with Crippen LogP contribution in [-0.2, 0) is 0 Å². The van der Waals surface area contributed by atoms with Gasteiger partial charge in [0.1, 0.15) is 0 Å². The predicted octanol–water partition coefficient (Wildman–Crippen LogP) is 2.50. The van der Waals surface area contributed by atoms with E-state index >= 15 is 0 Å². The Morgan fingerprint density at radius 2 is 1.28 bits per heavy atom. The minimum Gasteiger partial charge on any atom is -0.266 e. The number of carbonyl (C=O) groups excluding carboxylic acids is 2. The van der Waals surface area contributed by atoms with Crippen LogP contribution in [0.25, 0.3) is 0 Å². The van der Waals surface area contributed by atoms with Gasteiger partial charge in [-0.15, -0.1) is 22.7 Å². The second-order valence-electron chi connectivity index (χ2n) is 3.88. The molecule has 6 heteroatoms. The molecule has 0 aliphatic rings. The standard InChI is InChI=1S/C12H12N2O2S2/c1-7-3-9(17-5-7)11(15)13-14-12(16)10-4-8(2)6-18-10/h3-6H,1-2H3,(H,13,15)(H,14,16). The number of carbonyl (C=O) groups is 2. The van der Waals surface area contributed by atoms with Crippen molar-refractivity contribution in [3.8, 4) is 0 Å². The van der Waals surface area contributed by atoms with Gasteiger partial charge in [-0.25, -0.2) is 0 Å². The molecular weight excluding hydrogens is 268 g/mol. The lowest BCUT2D eigenvalue weighted by atomic mass is 10.3. The third kappa shape index (κ3) is 2.96. The lowest BCUT2D eigenvalue weighted by Crippen LogP contribution is -2.41. The molecule has 0 aliphatic carbocycles. The zero-order valence-electron chi connectivity index (χ0n) is 9.94. The van der Waals surface area contributed by atoms with E-state index in [1.807, 2.05) is 24.6 Å². The van der Waals surface area contributed by atoms with E-state index in [1.165, 1.54) is 22.7 Å². The SMILES string of the molecule is Cc1csc(C(=O)NNC(=O)c2cc(C)cs2)c1. The molecule has 0 aliphatic heterocycles. The van der Waals surface area contributed by atoms with E-state index in [0.717, 1.165) is 11.1 Å². The van der Waals surface area contributed by atoms with Crippen molar-refractivity contribution in [2.75, 3.05) is 0 Å². The molecule has 18 heavy (non-hydrogen) atoms. The maximum absolute atomic E-state index is 11.7. The number of amides is 2. The van der Waals surface area contributed by atoms with E-state index in [-0.39, 0.29) is 11.8 Å². The summed E-state index contributed by atoms with van der Waals surface area (Å²) in [7, 11) is 0. The van der Waals surface area contributed by atoms with Crippen LogP contribution in [0.3, 0.4) is 0 Å². The van der Waals surface area contributed by atoms with E-state index in [2.05, 4.69) is 10.9 Å². The van der Waals surface area contributed by atoms with Gasteiger partial charge in [0.15, 0.2) is 0 Å². The van der Waals surface area contributed by atoms with Gasteiger partial charge in [0.25, 0.3) is 11.8 Å². The van der Waals surface area contributed by atoms with Crippen molar-refractivity contribution in [3.05, 3.63) is 43.8 Å². The Morgan fingerprint density at radius 3 is 1.56 bits per heavy atom. The number of hydrazine groups is 1. The fourth-order valence-electron chi connectivity index (χ4n) is 1.34. The zero-order valence-corrected chi connectivity index (χ0v) is 11.6. The summed E-state index contributed by atoms with van der Waals surface area (Å²) < 4.78 is 0. The zero-order chi connectivity index (χ0) is 13.1. The third-order valence-electron chi connectivity index (χ3n) is 2.20. The summed E-state index contributed by atoms with van der Waals surface area (Å²) in [5.41, 5.74) is 6.86. The summed E-state index contributed by atoms with van der Waals surface area (Å²) in [6.07, 6.45) is 0. The molecule has 94 valence electrons. The largest absolute Gasteiger partial charge is 0.279 e. The number of hydrogen-bond donors (Lipinski definition) is 2. The Bertz CT molecular complexity index is 534. The average Bonchev–Trinajstić information content (AvgIpc) is 2.94. The number of nitrogens with one attached hydrogen (secondary N) is 2. The molecule has 2 heterocycles. The van der Waals surface area contributed by atoms with E-state index < -0.39 is 0 Å². The summed E-state index contributed by atoms with van der Waals surface area (Å²) in [5, 5.41) is 3.78. The molecule has 0 radical (unpaired) electrons. The molecule has 0 unspecified atom stereocenters. The summed E-state index contributed by atoms with van der Waals surface area (Å²) in [4.78, 5) is 24.5. The van der Waals surface area contributed by atoms with E-state index in [4.69, 9.17) is 0 Å². The Balaban J connectivity index is 1.92. The summed E-state index contributed by atoms with van der Waals surface area (Å²) >= 11 is 2.70. The minimum absolute atomic E-state index is 0.297. The Hall–Kier alpha value is -1.66. The maximum Gasteiger partial charge on any atom is 0.279 e. The number of hydrogen-bond acceptors (Lipinski definition) is 4. The molecule has 0 bridgehead atoms. The highest BCUT2D eigenvalue weighted by molar-refractivity contribution is 7.12. The summed E-state index contributed by atoms with van der Waals surface area (Å²) in [5.74, 6) is -0.593. The van der Waals surface area contributed by atoms with Crippen LogP contribution in [0.4, 0.5) is 0 Å². The lowest BCUT2D eigenvalue weighted by Gasteiger charge is -2.04. The molecule has 2 amide bonds. The van der Waals surface area contributed by atoms with E-state index in [1.54, 1.807) is 12.1 Å². The van der Waals surface area contributed by atoms with Gasteiger partial charge < -0.3 is 0 Å². The normalized spacial score (nSPS) is 10.1. The average molecular weight is 280 g/mol. The molecule has 0 spiro atoms. The van der Waals surface area contributed by atoms with Crippen LogP contribution in [0.5, 0.6) is 0 Å². The molecule has 0 aromatic carbocycles. The van der Waals surface area contributed by atoms with Crippen molar-refractivity contribution >= 4 is 34.5 Å². The lowest BCUT2D eigenvalue weighted by molar-refractivity contribution is 0.0851. The van der Waals surface area contributed by atoms with Crippen molar-refractivity contribution < 1.29 is 9.59 Å². The molecular formula is C12H12N2O2S2. The molecule has 0 fully saturated rings. The first-order valence-corrected chi connectivity index (χ1v) is 7.03. The molecule has 0 atom stereocenters.